The van der Waals surface area contributed by atoms with E-state index in [0.717, 1.165) is 0 Å². The van der Waals surface area contributed by atoms with Crippen LogP contribution in [0, 0.1) is 5.92 Å². The predicted octanol–water partition coefficient (Wildman–Crippen LogP) is 1.16. The van der Waals surface area contributed by atoms with Crippen LogP contribution in [0.25, 0.3) is 0 Å². The molecule has 1 amide bonds. The number of carbonyl (C=O) groups is 1. The van der Waals surface area contributed by atoms with Crippen molar-refractivity contribution < 1.29 is 17.9 Å². The Hall–Kier alpha value is -1.15. The quantitative estimate of drug-likeness (QED) is 0.757. The van der Waals surface area contributed by atoms with Gasteiger partial charge in [0.05, 0.1) is 4.90 Å². The van der Waals surface area contributed by atoms with Crippen LogP contribution in [0.15, 0.2) is 29.2 Å². The highest BCUT2D eigenvalue weighted by molar-refractivity contribution is 7.89. The average molecular weight is 347 g/mol. The second-order valence-electron chi connectivity index (χ2n) is 5.03. The number of sulfonamides is 1. The van der Waals surface area contributed by atoms with Crippen LogP contribution in [-0.2, 0) is 19.6 Å². The molecular weight excluding hydrogens is 328 g/mol. The minimum Gasteiger partial charge on any atom is -0.381 e. The van der Waals surface area contributed by atoms with E-state index in [1.165, 1.54) is 12.1 Å². The molecule has 1 saturated heterocycles. The Morgan fingerprint density at radius 2 is 2.00 bits per heavy atom. The second kappa shape index (κ2) is 7.92. The lowest BCUT2D eigenvalue weighted by atomic mass is 9.99. The van der Waals surface area contributed by atoms with E-state index in [-0.39, 0.29) is 29.8 Å². The second-order valence-corrected chi connectivity index (χ2v) is 7.24. The van der Waals surface area contributed by atoms with Gasteiger partial charge in [-0.15, -0.1) is 0 Å². The van der Waals surface area contributed by atoms with Crippen LogP contribution in [0.3, 0.4) is 0 Å². The van der Waals surface area contributed by atoms with Crippen molar-refractivity contribution in [2.45, 2.75) is 17.7 Å². The van der Waals surface area contributed by atoms with Gasteiger partial charge in [-0.3, -0.25) is 4.79 Å². The molecule has 2 N–H and O–H groups in total. The number of amides is 1. The molecule has 0 unspecified atom stereocenters. The molecule has 0 saturated carbocycles. The molecular formula is C14H19ClN2O4S. The first-order chi connectivity index (χ1) is 10.5. The first-order valence-corrected chi connectivity index (χ1v) is 8.96. The smallest absolute Gasteiger partial charge is 0.240 e. The van der Waals surface area contributed by atoms with Crippen LogP contribution in [0.1, 0.15) is 12.8 Å². The highest BCUT2D eigenvalue weighted by Gasteiger charge is 2.21. The van der Waals surface area contributed by atoms with Crippen LogP contribution < -0.4 is 10.0 Å². The summed E-state index contributed by atoms with van der Waals surface area (Å²) >= 11 is 5.78. The maximum Gasteiger partial charge on any atom is 0.240 e. The molecule has 1 aromatic carbocycles. The van der Waals surface area contributed by atoms with E-state index in [0.29, 0.717) is 31.1 Å². The summed E-state index contributed by atoms with van der Waals surface area (Å²) in [6, 6.07) is 6.03. The van der Waals surface area contributed by atoms with Gasteiger partial charge in [-0.1, -0.05) is 17.7 Å². The molecule has 0 aromatic heterocycles. The number of hydrogen-bond acceptors (Lipinski definition) is 4. The van der Waals surface area contributed by atoms with Gasteiger partial charge in [-0.25, -0.2) is 13.1 Å². The van der Waals surface area contributed by atoms with Crippen molar-refractivity contribution in [3.8, 4) is 0 Å². The van der Waals surface area contributed by atoms with Crippen LogP contribution in [0.2, 0.25) is 5.02 Å². The Morgan fingerprint density at radius 1 is 1.27 bits per heavy atom. The third-order valence-corrected chi connectivity index (χ3v) is 5.11. The number of rotatable bonds is 6. The van der Waals surface area contributed by atoms with Crippen LogP contribution in [-0.4, -0.2) is 40.6 Å². The van der Waals surface area contributed by atoms with Gasteiger partial charge >= 0.3 is 0 Å². The third-order valence-electron chi connectivity index (χ3n) is 3.41. The zero-order chi connectivity index (χ0) is 16.0. The molecule has 0 bridgehead atoms. The first kappa shape index (κ1) is 17.2. The molecule has 1 aliphatic heterocycles. The molecule has 0 spiro atoms. The molecule has 0 aliphatic carbocycles. The summed E-state index contributed by atoms with van der Waals surface area (Å²) in [7, 11) is -3.61. The fourth-order valence-corrected chi connectivity index (χ4v) is 3.52. The number of benzene rings is 1. The van der Waals surface area contributed by atoms with Crippen molar-refractivity contribution in [1.82, 2.24) is 10.0 Å². The monoisotopic (exact) mass is 346 g/mol. The SMILES string of the molecule is O=C(NCCNS(=O)(=O)c1cccc(Cl)c1)C1CCOCC1. The normalized spacial score (nSPS) is 16.4. The Bertz CT molecular complexity index is 615. The summed E-state index contributed by atoms with van der Waals surface area (Å²) < 4.78 is 31.7. The van der Waals surface area contributed by atoms with Gasteiger partial charge in [-0.2, -0.15) is 0 Å². The van der Waals surface area contributed by atoms with Crippen molar-refractivity contribution in [1.29, 1.82) is 0 Å². The predicted molar refractivity (Wildman–Crippen MR) is 83.2 cm³/mol. The lowest BCUT2D eigenvalue weighted by molar-refractivity contribution is -0.127. The number of carbonyl (C=O) groups excluding carboxylic acids is 1. The lowest BCUT2D eigenvalue weighted by Gasteiger charge is -2.21. The number of ether oxygens (including phenoxy) is 1. The Labute approximate surface area is 135 Å². The molecule has 0 radical (unpaired) electrons. The topological polar surface area (TPSA) is 84.5 Å². The summed E-state index contributed by atoms with van der Waals surface area (Å²) in [6.07, 6.45) is 1.42. The Balaban J connectivity index is 1.77. The average Bonchev–Trinajstić information content (AvgIpc) is 2.52. The van der Waals surface area contributed by atoms with Crippen molar-refractivity contribution >= 4 is 27.5 Å². The van der Waals surface area contributed by atoms with Gasteiger partial charge in [0.2, 0.25) is 15.9 Å². The van der Waals surface area contributed by atoms with E-state index < -0.39 is 10.0 Å². The molecule has 1 aromatic rings. The van der Waals surface area contributed by atoms with E-state index in [1.54, 1.807) is 12.1 Å². The molecule has 8 heteroatoms. The van der Waals surface area contributed by atoms with Crippen LogP contribution in [0.4, 0.5) is 0 Å². The number of hydrogen-bond donors (Lipinski definition) is 2. The van der Waals surface area contributed by atoms with E-state index in [4.69, 9.17) is 16.3 Å². The summed E-state index contributed by atoms with van der Waals surface area (Å²) in [5, 5.41) is 3.10. The summed E-state index contributed by atoms with van der Waals surface area (Å²) in [5.41, 5.74) is 0. The molecule has 1 fully saturated rings. The zero-order valence-electron chi connectivity index (χ0n) is 12.0. The van der Waals surface area contributed by atoms with Crippen molar-refractivity contribution in [3.63, 3.8) is 0 Å². The van der Waals surface area contributed by atoms with E-state index in [9.17, 15) is 13.2 Å². The third kappa shape index (κ3) is 4.95. The van der Waals surface area contributed by atoms with Gasteiger partial charge in [-0.05, 0) is 31.0 Å². The van der Waals surface area contributed by atoms with E-state index >= 15 is 0 Å². The fraction of sp³-hybridized carbons (Fsp3) is 0.500. The van der Waals surface area contributed by atoms with E-state index in [2.05, 4.69) is 10.0 Å². The summed E-state index contributed by atoms with van der Waals surface area (Å²) in [6.45, 7) is 1.57. The molecule has 1 aliphatic rings. The van der Waals surface area contributed by atoms with Crippen molar-refractivity contribution in [2.75, 3.05) is 26.3 Å². The highest BCUT2D eigenvalue weighted by Crippen LogP contribution is 2.15. The first-order valence-electron chi connectivity index (χ1n) is 7.10. The van der Waals surface area contributed by atoms with Gasteiger partial charge in [0.15, 0.2) is 0 Å². The maximum atomic E-state index is 12.0. The molecule has 0 atom stereocenters. The largest absolute Gasteiger partial charge is 0.381 e. The minimum atomic E-state index is -3.61. The van der Waals surface area contributed by atoms with Gasteiger partial charge in [0, 0.05) is 37.2 Å². The number of nitrogens with one attached hydrogen (secondary N) is 2. The number of halogens is 1. The Morgan fingerprint density at radius 3 is 2.68 bits per heavy atom. The summed E-state index contributed by atoms with van der Waals surface area (Å²) in [5.74, 6) is -0.0939. The fourth-order valence-electron chi connectivity index (χ4n) is 2.19. The molecule has 6 nitrogen and oxygen atoms in total. The van der Waals surface area contributed by atoms with E-state index in [1.807, 2.05) is 0 Å². The maximum absolute atomic E-state index is 12.0. The molecule has 2 rings (SSSR count). The lowest BCUT2D eigenvalue weighted by Crippen LogP contribution is -2.39. The van der Waals surface area contributed by atoms with Gasteiger partial charge in [0.1, 0.15) is 0 Å². The molecule has 22 heavy (non-hydrogen) atoms. The van der Waals surface area contributed by atoms with Crippen molar-refractivity contribution in [3.05, 3.63) is 29.3 Å². The highest BCUT2D eigenvalue weighted by atomic mass is 35.5. The Kier molecular flexibility index (Phi) is 6.19. The van der Waals surface area contributed by atoms with Crippen LogP contribution in [0.5, 0.6) is 0 Å². The standard InChI is InChI=1S/C14H19ClN2O4S/c15-12-2-1-3-13(10-12)22(19,20)17-7-6-16-14(18)11-4-8-21-9-5-11/h1-3,10-11,17H,4-9H2,(H,16,18). The molecule has 1 heterocycles. The van der Waals surface area contributed by atoms with Crippen LogP contribution >= 0.6 is 11.6 Å². The summed E-state index contributed by atoms with van der Waals surface area (Å²) in [4.78, 5) is 12.0. The van der Waals surface area contributed by atoms with Gasteiger partial charge in [0.25, 0.3) is 0 Å². The zero-order valence-corrected chi connectivity index (χ0v) is 13.6. The van der Waals surface area contributed by atoms with Crippen molar-refractivity contribution in [2.24, 2.45) is 5.92 Å². The van der Waals surface area contributed by atoms with Gasteiger partial charge < -0.3 is 10.1 Å². The molecule has 122 valence electrons. The minimum absolute atomic E-state index is 0.0433.